The SMILES string of the molecule is COC(C(=O)N1CC(O)C[C@H]1C(=O)O)c1ccccc1. The Morgan fingerprint density at radius 1 is 1.35 bits per heavy atom. The molecule has 1 amide bonds. The molecule has 3 atom stereocenters. The average Bonchev–Trinajstić information content (AvgIpc) is 2.83. The number of rotatable bonds is 4. The van der Waals surface area contributed by atoms with Gasteiger partial charge in [-0.1, -0.05) is 30.3 Å². The first kappa shape index (κ1) is 14.5. The van der Waals surface area contributed by atoms with Crippen LogP contribution in [0.15, 0.2) is 30.3 Å². The van der Waals surface area contributed by atoms with E-state index in [-0.39, 0.29) is 13.0 Å². The van der Waals surface area contributed by atoms with Crippen molar-refractivity contribution in [1.29, 1.82) is 0 Å². The van der Waals surface area contributed by atoms with Gasteiger partial charge in [-0.3, -0.25) is 4.79 Å². The molecule has 1 aromatic rings. The van der Waals surface area contributed by atoms with Crippen molar-refractivity contribution in [3.05, 3.63) is 35.9 Å². The Kier molecular flexibility index (Phi) is 4.36. The summed E-state index contributed by atoms with van der Waals surface area (Å²) in [4.78, 5) is 24.8. The number of β-amino-alcohol motifs (C(OH)–C–C–N with tert-alkyl or cyclic N) is 1. The largest absolute Gasteiger partial charge is 0.480 e. The van der Waals surface area contributed by atoms with Gasteiger partial charge in [0.05, 0.1) is 6.10 Å². The second kappa shape index (κ2) is 6.02. The van der Waals surface area contributed by atoms with Crippen LogP contribution in [0.25, 0.3) is 0 Å². The maximum absolute atomic E-state index is 12.5. The topological polar surface area (TPSA) is 87.1 Å². The number of methoxy groups -OCH3 is 1. The molecule has 6 nitrogen and oxygen atoms in total. The minimum Gasteiger partial charge on any atom is -0.480 e. The first-order chi connectivity index (χ1) is 9.54. The number of aliphatic hydroxyl groups excluding tert-OH is 1. The second-order valence-electron chi connectivity index (χ2n) is 4.76. The van der Waals surface area contributed by atoms with Gasteiger partial charge in [-0.25, -0.2) is 4.79 Å². The maximum Gasteiger partial charge on any atom is 0.326 e. The molecule has 1 aliphatic heterocycles. The number of benzene rings is 1. The maximum atomic E-state index is 12.5. The Balaban J connectivity index is 2.22. The van der Waals surface area contributed by atoms with E-state index in [4.69, 9.17) is 9.84 Å². The quantitative estimate of drug-likeness (QED) is 0.834. The summed E-state index contributed by atoms with van der Waals surface area (Å²) in [7, 11) is 1.40. The number of aliphatic hydroxyl groups is 1. The molecule has 1 heterocycles. The predicted octanol–water partition coefficient (Wildman–Crippen LogP) is 0.420. The van der Waals surface area contributed by atoms with Crippen LogP contribution in [-0.4, -0.2) is 52.8 Å². The monoisotopic (exact) mass is 279 g/mol. The molecule has 0 aromatic heterocycles. The molecule has 0 spiro atoms. The molecular weight excluding hydrogens is 262 g/mol. The molecule has 1 aliphatic rings. The van der Waals surface area contributed by atoms with Crippen LogP contribution in [0, 0.1) is 0 Å². The third-order valence-corrected chi connectivity index (χ3v) is 3.41. The van der Waals surface area contributed by atoms with E-state index < -0.39 is 30.1 Å². The summed E-state index contributed by atoms with van der Waals surface area (Å²) in [5, 5.41) is 18.7. The first-order valence-corrected chi connectivity index (χ1v) is 6.33. The Hall–Kier alpha value is -1.92. The van der Waals surface area contributed by atoms with Crippen molar-refractivity contribution in [1.82, 2.24) is 4.90 Å². The highest BCUT2D eigenvalue weighted by molar-refractivity contribution is 5.88. The molecule has 0 bridgehead atoms. The van der Waals surface area contributed by atoms with Gasteiger partial charge in [-0.2, -0.15) is 0 Å². The van der Waals surface area contributed by atoms with E-state index in [0.717, 1.165) is 0 Å². The number of nitrogens with zero attached hydrogens (tertiary/aromatic N) is 1. The van der Waals surface area contributed by atoms with Crippen molar-refractivity contribution < 1.29 is 24.5 Å². The number of carboxylic acids is 1. The van der Waals surface area contributed by atoms with Gasteiger partial charge in [0.25, 0.3) is 5.91 Å². The fourth-order valence-corrected chi connectivity index (χ4v) is 2.45. The van der Waals surface area contributed by atoms with Gasteiger partial charge in [0.2, 0.25) is 0 Å². The smallest absolute Gasteiger partial charge is 0.326 e. The zero-order chi connectivity index (χ0) is 14.7. The van der Waals surface area contributed by atoms with Gasteiger partial charge < -0.3 is 19.8 Å². The lowest BCUT2D eigenvalue weighted by Crippen LogP contribution is -2.43. The van der Waals surface area contributed by atoms with E-state index in [1.807, 2.05) is 6.07 Å². The minimum absolute atomic E-state index is 0.0164. The van der Waals surface area contributed by atoms with Crippen LogP contribution in [0.4, 0.5) is 0 Å². The number of carbonyl (C=O) groups is 2. The van der Waals surface area contributed by atoms with Gasteiger partial charge in [-0.15, -0.1) is 0 Å². The molecular formula is C14H17NO5. The summed E-state index contributed by atoms with van der Waals surface area (Å²) in [6, 6.07) is 7.87. The molecule has 1 aromatic carbocycles. The Morgan fingerprint density at radius 3 is 2.55 bits per heavy atom. The van der Waals surface area contributed by atoms with Crippen molar-refractivity contribution in [3.8, 4) is 0 Å². The van der Waals surface area contributed by atoms with Crippen LogP contribution in [0.3, 0.4) is 0 Å². The third kappa shape index (κ3) is 2.81. The van der Waals surface area contributed by atoms with Crippen LogP contribution < -0.4 is 0 Å². The van der Waals surface area contributed by atoms with Crippen LogP contribution in [0.1, 0.15) is 18.1 Å². The number of aliphatic carboxylic acids is 1. The first-order valence-electron chi connectivity index (χ1n) is 6.33. The van der Waals surface area contributed by atoms with Crippen LogP contribution in [0.2, 0.25) is 0 Å². The number of likely N-dealkylation sites (tertiary alicyclic amines) is 1. The van der Waals surface area contributed by atoms with E-state index in [1.165, 1.54) is 12.0 Å². The lowest BCUT2D eigenvalue weighted by Gasteiger charge is -2.26. The second-order valence-corrected chi connectivity index (χ2v) is 4.76. The summed E-state index contributed by atoms with van der Waals surface area (Å²) in [5.41, 5.74) is 0.658. The molecule has 0 saturated carbocycles. The Labute approximate surface area is 116 Å². The minimum atomic E-state index is -1.11. The van der Waals surface area contributed by atoms with Gasteiger partial charge in [0, 0.05) is 20.1 Å². The lowest BCUT2D eigenvalue weighted by atomic mass is 10.1. The van der Waals surface area contributed by atoms with Crippen LogP contribution in [-0.2, 0) is 14.3 Å². The van der Waals surface area contributed by atoms with Crippen molar-refractivity contribution in [2.75, 3.05) is 13.7 Å². The number of amides is 1. The normalized spacial score (nSPS) is 23.6. The van der Waals surface area contributed by atoms with Crippen molar-refractivity contribution in [2.24, 2.45) is 0 Å². The van der Waals surface area contributed by atoms with Gasteiger partial charge in [0.15, 0.2) is 6.10 Å². The van der Waals surface area contributed by atoms with E-state index in [1.54, 1.807) is 24.3 Å². The fraction of sp³-hybridized carbons (Fsp3) is 0.429. The molecule has 0 aliphatic carbocycles. The van der Waals surface area contributed by atoms with Gasteiger partial charge in [-0.05, 0) is 5.56 Å². The van der Waals surface area contributed by atoms with E-state index in [0.29, 0.717) is 5.56 Å². The van der Waals surface area contributed by atoms with Crippen LogP contribution in [0.5, 0.6) is 0 Å². The van der Waals surface area contributed by atoms with E-state index >= 15 is 0 Å². The highest BCUT2D eigenvalue weighted by Gasteiger charge is 2.41. The molecule has 0 radical (unpaired) electrons. The Morgan fingerprint density at radius 2 is 2.00 bits per heavy atom. The van der Waals surface area contributed by atoms with Crippen molar-refractivity contribution >= 4 is 11.9 Å². The number of carbonyl (C=O) groups excluding carboxylic acids is 1. The van der Waals surface area contributed by atoms with E-state index in [2.05, 4.69) is 0 Å². The molecule has 20 heavy (non-hydrogen) atoms. The zero-order valence-electron chi connectivity index (χ0n) is 11.1. The number of ether oxygens (including phenoxy) is 1. The summed E-state index contributed by atoms with van der Waals surface area (Å²) < 4.78 is 5.21. The summed E-state index contributed by atoms with van der Waals surface area (Å²) in [6.45, 7) is 0.0164. The molecule has 108 valence electrons. The highest BCUT2D eigenvalue weighted by Crippen LogP contribution is 2.25. The standard InChI is InChI=1S/C14H17NO5/c1-20-12(9-5-3-2-4-6-9)13(17)15-8-10(16)7-11(15)14(18)19/h2-6,10-12,16H,7-8H2,1H3,(H,18,19)/t10?,11-,12?/m0/s1. The fourth-order valence-electron chi connectivity index (χ4n) is 2.45. The molecule has 2 unspecified atom stereocenters. The van der Waals surface area contributed by atoms with E-state index in [9.17, 15) is 14.7 Å². The van der Waals surface area contributed by atoms with Crippen molar-refractivity contribution in [2.45, 2.75) is 24.7 Å². The molecule has 1 fully saturated rings. The summed E-state index contributed by atoms with van der Waals surface area (Å²) in [6.07, 6.45) is -1.62. The van der Waals surface area contributed by atoms with Crippen LogP contribution >= 0.6 is 0 Å². The number of carboxylic acid groups (broad SMARTS) is 1. The van der Waals surface area contributed by atoms with Gasteiger partial charge in [0.1, 0.15) is 6.04 Å². The number of hydrogen-bond acceptors (Lipinski definition) is 4. The molecule has 1 saturated heterocycles. The Bertz CT molecular complexity index is 490. The molecule has 6 heteroatoms. The predicted molar refractivity (Wildman–Crippen MR) is 70.0 cm³/mol. The van der Waals surface area contributed by atoms with Gasteiger partial charge >= 0.3 is 5.97 Å². The zero-order valence-corrected chi connectivity index (χ0v) is 11.1. The lowest BCUT2D eigenvalue weighted by molar-refractivity contribution is -0.153. The summed E-state index contributed by atoms with van der Waals surface area (Å²) >= 11 is 0. The molecule has 2 N–H and O–H groups in total. The third-order valence-electron chi connectivity index (χ3n) is 3.41. The van der Waals surface area contributed by atoms with Crippen molar-refractivity contribution in [3.63, 3.8) is 0 Å². The average molecular weight is 279 g/mol. The summed E-state index contributed by atoms with van der Waals surface area (Å²) in [5.74, 6) is -1.56. The molecule has 2 rings (SSSR count). The highest BCUT2D eigenvalue weighted by atomic mass is 16.5. The number of hydrogen-bond donors (Lipinski definition) is 2.